The molecule has 6 amide bonds. The average molecular weight is 760 g/mol. The Bertz CT molecular complexity index is 1840. The number of nitrogens with one attached hydrogen (secondary N) is 7. The number of aromatic amines is 1. The zero-order valence-electron chi connectivity index (χ0n) is 31.9. The SMILES string of the molecule is CC[C@H](C)[C@H](NC(=O)[C@H](Cc1ccccc1)NC(=O)[C@@H]1CCC(=O)N1)C(=O)N[C@@H](C)C(=O)N[C@@H](Cc1c[nH]c2ccccc12)C(=O)N[C@@H](CC(C)C)C(=O)O. The summed E-state index contributed by atoms with van der Waals surface area (Å²) in [5.74, 6) is -5.06. The molecule has 4 rings (SSSR count). The summed E-state index contributed by atoms with van der Waals surface area (Å²) in [6, 6.07) is 9.95. The third-order valence-electron chi connectivity index (χ3n) is 9.83. The number of carboxylic acids is 1. The topological polar surface area (TPSA) is 228 Å². The monoisotopic (exact) mass is 759 g/mol. The number of H-pyrrole nitrogens is 1. The van der Waals surface area contributed by atoms with Gasteiger partial charge in [0.05, 0.1) is 0 Å². The minimum absolute atomic E-state index is 0.0287. The molecular weight excluding hydrogens is 706 g/mol. The van der Waals surface area contributed by atoms with Crippen LogP contribution in [0.25, 0.3) is 10.9 Å². The summed E-state index contributed by atoms with van der Waals surface area (Å²) in [4.78, 5) is 94.9. The summed E-state index contributed by atoms with van der Waals surface area (Å²) >= 11 is 0. The van der Waals surface area contributed by atoms with Crippen LogP contribution >= 0.6 is 0 Å². The van der Waals surface area contributed by atoms with Crippen LogP contribution in [-0.4, -0.2) is 87.8 Å². The van der Waals surface area contributed by atoms with E-state index in [1.54, 1.807) is 37.4 Å². The van der Waals surface area contributed by atoms with Gasteiger partial charge in [0.15, 0.2) is 0 Å². The minimum atomic E-state index is -1.20. The van der Waals surface area contributed by atoms with Crippen molar-refractivity contribution in [3.63, 3.8) is 0 Å². The van der Waals surface area contributed by atoms with E-state index in [0.717, 1.165) is 22.0 Å². The van der Waals surface area contributed by atoms with E-state index in [9.17, 15) is 38.7 Å². The van der Waals surface area contributed by atoms with Gasteiger partial charge >= 0.3 is 5.97 Å². The van der Waals surface area contributed by atoms with Crippen LogP contribution in [0.15, 0.2) is 60.8 Å². The van der Waals surface area contributed by atoms with Crippen molar-refractivity contribution < 1.29 is 38.7 Å². The van der Waals surface area contributed by atoms with Crippen LogP contribution in [0.5, 0.6) is 0 Å². The normalized spacial score (nSPS) is 17.2. The van der Waals surface area contributed by atoms with Crippen LogP contribution in [0.1, 0.15) is 71.4 Å². The fourth-order valence-corrected chi connectivity index (χ4v) is 6.46. The molecule has 7 atom stereocenters. The van der Waals surface area contributed by atoms with E-state index in [4.69, 9.17) is 0 Å². The second-order valence-corrected chi connectivity index (χ2v) is 14.7. The Balaban J connectivity index is 1.49. The molecule has 1 saturated heterocycles. The zero-order chi connectivity index (χ0) is 40.2. The van der Waals surface area contributed by atoms with Crippen molar-refractivity contribution in [2.24, 2.45) is 11.8 Å². The van der Waals surface area contributed by atoms with Crippen molar-refractivity contribution in [3.8, 4) is 0 Å². The van der Waals surface area contributed by atoms with Gasteiger partial charge < -0.3 is 42.0 Å². The Morgan fingerprint density at radius 3 is 2.04 bits per heavy atom. The lowest BCUT2D eigenvalue weighted by atomic mass is 9.96. The molecule has 2 aromatic carbocycles. The molecule has 2 heterocycles. The second-order valence-electron chi connectivity index (χ2n) is 14.7. The first-order valence-corrected chi connectivity index (χ1v) is 18.8. The molecule has 296 valence electrons. The van der Waals surface area contributed by atoms with Gasteiger partial charge in [-0.05, 0) is 48.8 Å². The predicted octanol–water partition coefficient (Wildman–Crippen LogP) is 1.85. The van der Waals surface area contributed by atoms with E-state index >= 15 is 0 Å². The second kappa shape index (κ2) is 19.6. The molecule has 1 fully saturated rings. The number of aliphatic carboxylic acids is 1. The Morgan fingerprint density at radius 2 is 1.40 bits per heavy atom. The molecule has 55 heavy (non-hydrogen) atoms. The number of carbonyl (C=O) groups is 7. The molecule has 0 bridgehead atoms. The molecule has 15 nitrogen and oxygen atoms in total. The zero-order valence-corrected chi connectivity index (χ0v) is 31.9. The minimum Gasteiger partial charge on any atom is -0.480 e. The number of aromatic nitrogens is 1. The largest absolute Gasteiger partial charge is 0.480 e. The van der Waals surface area contributed by atoms with Gasteiger partial charge in [0.25, 0.3) is 0 Å². The van der Waals surface area contributed by atoms with Crippen molar-refractivity contribution in [3.05, 3.63) is 71.9 Å². The standard InChI is InChI=1S/C40H53N7O8/c1-6-23(4)34(47-38(52)30(19-25-12-8-7-9-13-25)45-36(50)29-16-17-33(48)43-29)39(53)42-24(5)35(49)44-31(37(51)46-32(40(54)55)18-22(2)3)20-26-21-41-28-15-11-10-14-27(26)28/h7-15,21-24,29-32,34,41H,6,16-20H2,1-5H3,(H,42,53)(H,43,48)(H,44,49)(H,45,50)(H,46,51)(H,47,52)(H,54,55)/t23-,24-,29-,30-,31-,32-,34-/m0/s1. The number of fused-ring (bicyclic) bond motifs is 1. The van der Waals surface area contributed by atoms with Gasteiger partial charge in [-0.2, -0.15) is 0 Å². The Morgan fingerprint density at radius 1 is 0.764 bits per heavy atom. The fourth-order valence-electron chi connectivity index (χ4n) is 6.46. The highest BCUT2D eigenvalue weighted by molar-refractivity contribution is 5.97. The van der Waals surface area contributed by atoms with E-state index in [1.807, 2.05) is 51.1 Å². The van der Waals surface area contributed by atoms with E-state index in [0.29, 0.717) is 12.8 Å². The van der Waals surface area contributed by atoms with Crippen LogP contribution in [0.3, 0.4) is 0 Å². The lowest BCUT2D eigenvalue weighted by Crippen LogP contribution is -2.60. The fraction of sp³-hybridized carbons (Fsp3) is 0.475. The van der Waals surface area contributed by atoms with Crippen molar-refractivity contribution in [1.82, 2.24) is 36.9 Å². The molecule has 0 radical (unpaired) electrons. The van der Waals surface area contributed by atoms with Crippen molar-refractivity contribution >= 4 is 52.3 Å². The third-order valence-corrected chi connectivity index (χ3v) is 9.83. The van der Waals surface area contributed by atoms with Gasteiger partial charge in [0.1, 0.15) is 36.3 Å². The van der Waals surface area contributed by atoms with Crippen molar-refractivity contribution in [2.45, 2.75) is 109 Å². The lowest BCUT2D eigenvalue weighted by molar-refractivity contribution is -0.142. The molecule has 3 aromatic rings. The van der Waals surface area contributed by atoms with Gasteiger partial charge in [0.2, 0.25) is 35.4 Å². The number of benzene rings is 2. The van der Waals surface area contributed by atoms with Gasteiger partial charge in [-0.1, -0.05) is 82.6 Å². The van der Waals surface area contributed by atoms with Gasteiger partial charge in [-0.25, -0.2) is 4.79 Å². The van der Waals surface area contributed by atoms with Gasteiger partial charge in [-0.15, -0.1) is 0 Å². The van der Waals surface area contributed by atoms with E-state index in [2.05, 4.69) is 36.9 Å². The summed E-state index contributed by atoms with van der Waals surface area (Å²) in [7, 11) is 0. The van der Waals surface area contributed by atoms with E-state index < -0.39 is 77.7 Å². The highest BCUT2D eigenvalue weighted by atomic mass is 16.4. The van der Waals surface area contributed by atoms with Crippen LogP contribution in [0.4, 0.5) is 0 Å². The van der Waals surface area contributed by atoms with Gasteiger partial charge in [-0.3, -0.25) is 28.8 Å². The van der Waals surface area contributed by atoms with E-state index in [1.165, 1.54) is 6.92 Å². The predicted molar refractivity (Wildman–Crippen MR) is 205 cm³/mol. The Labute approximate surface area is 320 Å². The van der Waals surface area contributed by atoms with Crippen LogP contribution < -0.4 is 31.9 Å². The summed E-state index contributed by atoms with van der Waals surface area (Å²) < 4.78 is 0. The number of para-hydroxylation sites is 1. The average Bonchev–Trinajstić information content (AvgIpc) is 3.78. The molecule has 1 aliphatic heterocycles. The molecule has 1 aliphatic rings. The van der Waals surface area contributed by atoms with Crippen LogP contribution in [-0.2, 0) is 46.4 Å². The van der Waals surface area contributed by atoms with Crippen LogP contribution in [0, 0.1) is 11.8 Å². The maximum atomic E-state index is 13.8. The highest BCUT2D eigenvalue weighted by Gasteiger charge is 2.35. The summed E-state index contributed by atoms with van der Waals surface area (Å²) in [6.07, 6.45) is 3.03. The Hall–Kier alpha value is -5.73. The maximum absolute atomic E-state index is 13.8. The molecular formula is C40H53N7O8. The van der Waals surface area contributed by atoms with Gasteiger partial charge in [0, 0.05) is 36.4 Å². The molecule has 8 N–H and O–H groups in total. The number of hydrogen-bond acceptors (Lipinski definition) is 7. The first-order valence-electron chi connectivity index (χ1n) is 18.8. The Kier molecular flexibility index (Phi) is 14.9. The lowest BCUT2D eigenvalue weighted by Gasteiger charge is -2.28. The third kappa shape index (κ3) is 11.9. The molecule has 0 saturated carbocycles. The van der Waals surface area contributed by atoms with Crippen LogP contribution in [0.2, 0.25) is 0 Å². The molecule has 15 heteroatoms. The molecule has 1 aromatic heterocycles. The smallest absolute Gasteiger partial charge is 0.326 e. The number of carboxylic acid groups (broad SMARTS) is 1. The molecule has 0 aliphatic carbocycles. The number of carbonyl (C=O) groups excluding carboxylic acids is 6. The number of amides is 6. The number of rotatable bonds is 19. The molecule has 0 unspecified atom stereocenters. The maximum Gasteiger partial charge on any atom is 0.326 e. The van der Waals surface area contributed by atoms with E-state index in [-0.39, 0.29) is 37.5 Å². The highest BCUT2D eigenvalue weighted by Crippen LogP contribution is 2.20. The molecule has 0 spiro atoms. The summed E-state index contributed by atoms with van der Waals surface area (Å²) in [6.45, 7) is 8.73. The summed E-state index contributed by atoms with van der Waals surface area (Å²) in [5.41, 5.74) is 2.30. The van der Waals surface area contributed by atoms with Crippen molar-refractivity contribution in [2.75, 3.05) is 0 Å². The first kappa shape index (κ1) is 42.0. The number of hydrogen-bond donors (Lipinski definition) is 8. The van der Waals surface area contributed by atoms with Crippen molar-refractivity contribution in [1.29, 1.82) is 0 Å². The first-order chi connectivity index (χ1) is 26.2. The summed E-state index contributed by atoms with van der Waals surface area (Å²) in [5, 5.41) is 26.7. The quantitative estimate of drug-likeness (QED) is 0.0898.